The van der Waals surface area contributed by atoms with Crippen LogP contribution >= 0.6 is 11.6 Å². The second-order valence-electron chi connectivity index (χ2n) is 3.25. The van der Waals surface area contributed by atoms with Gasteiger partial charge in [-0.3, -0.25) is 0 Å². The molecule has 0 aromatic rings. The van der Waals surface area contributed by atoms with E-state index in [2.05, 4.69) is 4.99 Å². The maximum atomic E-state index is 5.85. The maximum Gasteiger partial charge on any atom is 0.106 e. The van der Waals surface area contributed by atoms with Crippen LogP contribution in [0.25, 0.3) is 0 Å². The van der Waals surface area contributed by atoms with Gasteiger partial charge in [-0.2, -0.15) is 0 Å². The van der Waals surface area contributed by atoms with Crippen molar-refractivity contribution < 1.29 is 0 Å². The fraction of sp³-hybridized carbons (Fsp3) is 0.667. The molecule has 1 aliphatic carbocycles. The lowest BCUT2D eigenvalue weighted by Crippen LogP contribution is -2.06. The maximum absolute atomic E-state index is 5.85. The molecule has 2 rings (SSSR count). The molecule has 0 radical (unpaired) electrons. The minimum atomic E-state index is 0.811. The molecule has 0 saturated carbocycles. The van der Waals surface area contributed by atoms with Crippen molar-refractivity contribution in [1.29, 1.82) is 0 Å². The van der Waals surface area contributed by atoms with Gasteiger partial charge in [0, 0.05) is 12.1 Å². The minimum Gasteiger partial charge on any atom is -0.246 e. The molecule has 1 heterocycles. The average molecular weight is 170 g/mol. The average Bonchev–Trinajstić information content (AvgIpc) is 2.04. The van der Waals surface area contributed by atoms with Gasteiger partial charge in [0.25, 0.3) is 0 Å². The van der Waals surface area contributed by atoms with Crippen LogP contribution in [0, 0.1) is 0 Å². The van der Waals surface area contributed by atoms with Gasteiger partial charge in [0.2, 0.25) is 0 Å². The zero-order valence-corrected chi connectivity index (χ0v) is 7.32. The first-order valence-electron chi connectivity index (χ1n) is 4.30. The van der Waals surface area contributed by atoms with Gasteiger partial charge in [-0.1, -0.05) is 11.6 Å². The van der Waals surface area contributed by atoms with Gasteiger partial charge in [-0.25, -0.2) is 4.99 Å². The van der Waals surface area contributed by atoms with Crippen LogP contribution in [0.3, 0.4) is 0 Å². The molecule has 0 bridgehead atoms. The molecule has 0 amide bonds. The standard InChI is InChI=1S/C9H12ClN/c10-9-6-5-7-3-1-2-4-8(7)11-9/h1-6H2. The highest BCUT2D eigenvalue weighted by molar-refractivity contribution is 6.65. The number of hydrogen-bond acceptors (Lipinski definition) is 1. The summed E-state index contributed by atoms with van der Waals surface area (Å²) >= 11 is 5.85. The number of rotatable bonds is 0. The lowest BCUT2D eigenvalue weighted by Gasteiger charge is -2.20. The zero-order valence-electron chi connectivity index (χ0n) is 6.57. The van der Waals surface area contributed by atoms with E-state index in [-0.39, 0.29) is 0 Å². The summed E-state index contributed by atoms with van der Waals surface area (Å²) in [6.07, 6.45) is 7.21. The molecule has 0 N–H and O–H groups in total. The zero-order chi connectivity index (χ0) is 7.68. The predicted octanol–water partition coefficient (Wildman–Crippen LogP) is 3.25. The van der Waals surface area contributed by atoms with Gasteiger partial charge >= 0.3 is 0 Å². The Morgan fingerprint density at radius 2 is 1.82 bits per heavy atom. The predicted molar refractivity (Wildman–Crippen MR) is 48.0 cm³/mol. The number of nitrogens with zero attached hydrogens (tertiary/aromatic N) is 1. The van der Waals surface area contributed by atoms with Crippen molar-refractivity contribution in [3.05, 3.63) is 11.3 Å². The van der Waals surface area contributed by atoms with Crippen molar-refractivity contribution in [2.45, 2.75) is 38.5 Å². The molecule has 0 atom stereocenters. The minimum absolute atomic E-state index is 0.811. The summed E-state index contributed by atoms with van der Waals surface area (Å²) in [5.74, 6) is 0. The molecule has 0 spiro atoms. The fourth-order valence-electron chi connectivity index (χ4n) is 1.81. The van der Waals surface area contributed by atoms with Crippen molar-refractivity contribution in [2.75, 3.05) is 0 Å². The van der Waals surface area contributed by atoms with Crippen molar-refractivity contribution in [2.24, 2.45) is 4.99 Å². The van der Waals surface area contributed by atoms with Crippen molar-refractivity contribution >= 4 is 16.8 Å². The lowest BCUT2D eigenvalue weighted by molar-refractivity contribution is 0.638. The highest BCUT2D eigenvalue weighted by atomic mass is 35.5. The molecular formula is C9H12ClN. The normalized spacial score (nSPS) is 24.6. The molecule has 60 valence electrons. The first-order chi connectivity index (χ1) is 5.36. The summed E-state index contributed by atoms with van der Waals surface area (Å²) in [6.45, 7) is 0. The Morgan fingerprint density at radius 3 is 2.73 bits per heavy atom. The number of hydrogen-bond donors (Lipinski definition) is 0. The summed E-state index contributed by atoms with van der Waals surface area (Å²) in [5, 5.41) is 0.811. The second-order valence-corrected chi connectivity index (χ2v) is 3.68. The Hall–Kier alpha value is -0.300. The number of halogens is 1. The third-order valence-corrected chi connectivity index (χ3v) is 2.71. The van der Waals surface area contributed by atoms with Crippen LogP contribution in [0.15, 0.2) is 16.3 Å². The SMILES string of the molecule is ClC1=NC2=C(CCCC2)CC1. The molecule has 2 heteroatoms. The highest BCUT2D eigenvalue weighted by Crippen LogP contribution is 2.32. The first kappa shape index (κ1) is 7.35. The molecule has 0 fully saturated rings. The molecular weight excluding hydrogens is 158 g/mol. The third-order valence-electron chi connectivity index (χ3n) is 2.44. The van der Waals surface area contributed by atoms with E-state index in [1.54, 1.807) is 5.57 Å². The summed E-state index contributed by atoms with van der Waals surface area (Å²) < 4.78 is 0. The molecule has 11 heavy (non-hydrogen) atoms. The van der Waals surface area contributed by atoms with Crippen molar-refractivity contribution in [1.82, 2.24) is 0 Å². The van der Waals surface area contributed by atoms with E-state index < -0.39 is 0 Å². The summed E-state index contributed by atoms with van der Waals surface area (Å²) in [4.78, 5) is 4.37. The Morgan fingerprint density at radius 1 is 1.00 bits per heavy atom. The molecule has 0 aromatic heterocycles. The smallest absolute Gasteiger partial charge is 0.106 e. The van der Waals surface area contributed by atoms with Crippen LogP contribution in [0.5, 0.6) is 0 Å². The van der Waals surface area contributed by atoms with Crippen LogP contribution in [0.4, 0.5) is 0 Å². The van der Waals surface area contributed by atoms with Gasteiger partial charge in [-0.15, -0.1) is 0 Å². The molecule has 2 aliphatic rings. The molecule has 1 aliphatic heterocycles. The van der Waals surface area contributed by atoms with Crippen molar-refractivity contribution in [3.8, 4) is 0 Å². The van der Waals surface area contributed by atoms with Gasteiger partial charge in [0.05, 0.1) is 0 Å². The fourth-order valence-corrected chi connectivity index (χ4v) is 2.01. The summed E-state index contributed by atoms with van der Waals surface area (Å²) in [6, 6.07) is 0. The van der Waals surface area contributed by atoms with Gasteiger partial charge in [0.15, 0.2) is 0 Å². The van der Waals surface area contributed by atoms with Crippen molar-refractivity contribution in [3.63, 3.8) is 0 Å². The van der Waals surface area contributed by atoms with Crippen LogP contribution in [-0.4, -0.2) is 5.17 Å². The first-order valence-corrected chi connectivity index (χ1v) is 4.68. The monoisotopic (exact) mass is 169 g/mol. The molecule has 1 nitrogen and oxygen atoms in total. The van der Waals surface area contributed by atoms with Crippen LogP contribution in [0.2, 0.25) is 0 Å². The Balaban J connectivity index is 2.25. The second kappa shape index (κ2) is 2.98. The summed E-state index contributed by atoms with van der Waals surface area (Å²) in [7, 11) is 0. The van der Waals surface area contributed by atoms with Gasteiger partial charge < -0.3 is 0 Å². The van der Waals surface area contributed by atoms with E-state index in [4.69, 9.17) is 11.6 Å². The lowest BCUT2D eigenvalue weighted by atomic mass is 9.92. The van der Waals surface area contributed by atoms with E-state index in [1.165, 1.54) is 25.0 Å². The molecule has 0 unspecified atom stereocenters. The van der Waals surface area contributed by atoms with E-state index in [0.717, 1.165) is 24.4 Å². The Bertz CT molecular complexity index is 228. The van der Waals surface area contributed by atoms with Crippen LogP contribution in [-0.2, 0) is 0 Å². The van der Waals surface area contributed by atoms with E-state index in [1.807, 2.05) is 0 Å². The topological polar surface area (TPSA) is 12.4 Å². The Kier molecular flexibility index (Phi) is 1.99. The van der Waals surface area contributed by atoms with E-state index in [9.17, 15) is 0 Å². The molecule has 0 saturated heterocycles. The quantitative estimate of drug-likeness (QED) is 0.528. The number of aliphatic imine (C=N–C) groups is 1. The molecule has 0 aromatic carbocycles. The van der Waals surface area contributed by atoms with Crippen LogP contribution < -0.4 is 0 Å². The van der Waals surface area contributed by atoms with Gasteiger partial charge in [-0.05, 0) is 37.7 Å². The third kappa shape index (κ3) is 1.48. The van der Waals surface area contributed by atoms with Gasteiger partial charge in [0.1, 0.15) is 5.17 Å². The highest BCUT2D eigenvalue weighted by Gasteiger charge is 2.16. The largest absolute Gasteiger partial charge is 0.246 e. The Labute approximate surface area is 72.2 Å². The number of allylic oxidation sites excluding steroid dienone is 2. The van der Waals surface area contributed by atoms with Crippen LogP contribution in [0.1, 0.15) is 38.5 Å². The summed E-state index contributed by atoms with van der Waals surface area (Å²) in [5.41, 5.74) is 2.87. The van der Waals surface area contributed by atoms with E-state index in [0.29, 0.717) is 0 Å². The van der Waals surface area contributed by atoms with E-state index >= 15 is 0 Å².